The molecule has 0 fully saturated rings. The van der Waals surface area contributed by atoms with Crippen LogP contribution in [0.25, 0.3) is 0 Å². The highest BCUT2D eigenvalue weighted by molar-refractivity contribution is 5.80. The topological polar surface area (TPSA) is 94.2 Å². The summed E-state index contributed by atoms with van der Waals surface area (Å²) in [4.78, 5) is 8.55. The van der Waals surface area contributed by atoms with Crippen LogP contribution in [-0.2, 0) is 0 Å². The van der Waals surface area contributed by atoms with Crippen LogP contribution in [0.4, 0.5) is 5.82 Å². The lowest BCUT2D eigenvalue weighted by Crippen LogP contribution is -2.04. The zero-order valence-electron chi connectivity index (χ0n) is 13.2. The van der Waals surface area contributed by atoms with Crippen molar-refractivity contribution in [2.45, 2.75) is 5.92 Å². The number of anilines is 1. The van der Waals surface area contributed by atoms with Crippen LogP contribution in [0.1, 0.15) is 22.7 Å². The fraction of sp³-hybridized carbons (Fsp3) is 0.0526. The van der Waals surface area contributed by atoms with Crippen LogP contribution in [0.15, 0.2) is 72.1 Å². The van der Waals surface area contributed by atoms with Gasteiger partial charge in [0.2, 0.25) is 0 Å². The smallest absolute Gasteiger partial charge is 0.165 e. The summed E-state index contributed by atoms with van der Waals surface area (Å²) in [6, 6.07) is 18.4. The van der Waals surface area contributed by atoms with Gasteiger partial charge in [0.15, 0.2) is 5.82 Å². The Labute approximate surface area is 145 Å². The molecule has 1 aromatic heterocycles. The number of phenols is 1. The van der Waals surface area contributed by atoms with E-state index >= 15 is 0 Å². The molecule has 2 N–H and O–H groups in total. The van der Waals surface area contributed by atoms with Crippen molar-refractivity contribution in [3.05, 3.63) is 83.8 Å². The zero-order valence-corrected chi connectivity index (χ0v) is 13.2. The molecule has 0 aliphatic rings. The Hall–Kier alpha value is -3.72. The molecule has 0 radical (unpaired) electrons. The lowest BCUT2D eigenvalue weighted by molar-refractivity contribution is 0.475. The van der Waals surface area contributed by atoms with Gasteiger partial charge >= 0.3 is 0 Å². The predicted molar refractivity (Wildman–Crippen MR) is 95.3 cm³/mol. The van der Waals surface area contributed by atoms with E-state index in [-0.39, 0.29) is 5.75 Å². The maximum atomic E-state index is 9.48. The van der Waals surface area contributed by atoms with Gasteiger partial charge < -0.3 is 5.11 Å². The average Bonchev–Trinajstić information content (AvgIpc) is 2.65. The quantitative estimate of drug-likeness (QED) is 0.553. The minimum atomic E-state index is -0.489. The van der Waals surface area contributed by atoms with Crippen LogP contribution in [-0.4, -0.2) is 21.3 Å². The summed E-state index contributed by atoms with van der Waals surface area (Å²) in [7, 11) is 0. The number of nitrogens with one attached hydrogen (secondary N) is 1. The molecule has 3 rings (SSSR count). The Morgan fingerprint density at radius 3 is 2.56 bits per heavy atom. The molecule has 1 heterocycles. The fourth-order valence-electron chi connectivity index (χ4n) is 2.26. The van der Waals surface area contributed by atoms with Crippen molar-refractivity contribution in [1.29, 1.82) is 5.26 Å². The van der Waals surface area contributed by atoms with Gasteiger partial charge in [0.05, 0.1) is 30.4 Å². The second-order valence-electron chi connectivity index (χ2n) is 5.26. The molecule has 0 aliphatic carbocycles. The number of hydrogen-bond donors (Lipinski definition) is 2. The number of aromatic hydroxyl groups is 1. The van der Waals surface area contributed by atoms with Crippen LogP contribution < -0.4 is 5.43 Å². The second kappa shape index (κ2) is 7.70. The van der Waals surface area contributed by atoms with Crippen LogP contribution in [0.2, 0.25) is 0 Å². The Morgan fingerprint density at radius 2 is 1.84 bits per heavy atom. The molecule has 0 saturated carbocycles. The SMILES string of the molecule is N#CC(c1ccccc1)c1cncc(N/N=C/c2ccc(O)cc2)n1. The summed E-state index contributed by atoms with van der Waals surface area (Å²) in [5, 5.41) is 22.8. The van der Waals surface area contributed by atoms with Crippen LogP contribution in [0.5, 0.6) is 5.75 Å². The molecule has 6 nitrogen and oxygen atoms in total. The summed E-state index contributed by atoms with van der Waals surface area (Å²) in [5.74, 6) is 0.160. The van der Waals surface area contributed by atoms with Gasteiger partial charge in [-0.1, -0.05) is 30.3 Å². The number of hydrogen-bond acceptors (Lipinski definition) is 6. The molecule has 0 amide bonds. The minimum Gasteiger partial charge on any atom is -0.508 e. The van der Waals surface area contributed by atoms with E-state index in [0.29, 0.717) is 11.5 Å². The van der Waals surface area contributed by atoms with E-state index in [1.165, 1.54) is 6.20 Å². The van der Waals surface area contributed by atoms with Gasteiger partial charge in [-0.3, -0.25) is 10.4 Å². The lowest BCUT2D eigenvalue weighted by Gasteiger charge is -2.09. The highest BCUT2D eigenvalue weighted by Crippen LogP contribution is 2.22. The van der Waals surface area contributed by atoms with E-state index < -0.39 is 5.92 Å². The minimum absolute atomic E-state index is 0.201. The molecule has 25 heavy (non-hydrogen) atoms. The molecule has 0 bridgehead atoms. The molecule has 1 atom stereocenters. The molecule has 122 valence electrons. The summed E-state index contributed by atoms with van der Waals surface area (Å²) in [6.07, 6.45) is 4.72. The molecule has 1 unspecified atom stereocenters. The van der Waals surface area contributed by atoms with E-state index in [4.69, 9.17) is 0 Å². The van der Waals surface area contributed by atoms with Crippen molar-refractivity contribution in [2.75, 3.05) is 5.43 Å². The second-order valence-corrected chi connectivity index (χ2v) is 5.26. The zero-order chi connectivity index (χ0) is 17.5. The molecule has 6 heteroatoms. The van der Waals surface area contributed by atoms with Crippen molar-refractivity contribution >= 4 is 12.0 Å². The standard InChI is InChI=1S/C19H15N5O/c20-10-17(15-4-2-1-3-5-15)18-12-21-13-19(23-18)24-22-11-14-6-8-16(25)9-7-14/h1-9,11-13,17,25H,(H,23,24)/b22-11+. The third-order valence-corrected chi connectivity index (χ3v) is 3.50. The summed E-state index contributed by atoms with van der Waals surface area (Å²) in [5.41, 5.74) is 5.05. The van der Waals surface area contributed by atoms with E-state index in [2.05, 4.69) is 26.6 Å². The first-order valence-electron chi connectivity index (χ1n) is 7.61. The molecular formula is C19H15N5O. The Kier molecular flexibility index (Phi) is 4.98. The van der Waals surface area contributed by atoms with Gasteiger partial charge in [-0.05, 0) is 35.4 Å². The van der Waals surface area contributed by atoms with Crippen molar-refractivity contribution in [3.63, 3.8) is 0 Å². The largest absolute Gasteiger partial charge is 0.508 e. The van der Waals surface area contributed by atoms with Gasteiger partial charge in [-0.25, -0.2) is 4.98 Å². The average molecular weight is 329 g/mol. The number of aromatic nitrogens is 2. The summed E-state index contributed by atoms with van der Waals surface area (Å²) >= 11 is 0. The Morgan fingerprint density at radius 1 is 1.08 bits per heavy atom. The normalized spacial score (nSPS) is 11.8. The number of nitrogens with zero attached hydrogens (tertiary/aromatic N) is 4. The lowest BCUT2D eigenvalue weighted by atomic mass is 9.98. The number of benzene rings is 2. The summed E-state index contributed by atoms with van der Waals surface area (Å²) in [6.45, 7) is 0. The third kappa shape index (κ3) is 4.18. The van der Waals surface area contributed by atoms with Crippen LogP contribution in [0.3, 0.4) is 0 Å². The Balaban J connectivity index is 1.75. The van der Waals surface area contributed by atoms with Crippen molar-refractivity contribution in [1.82, 2.24) is 9.97 Å². The van der Waals surface area contributed by atoms with Gasteiger partial charge in [0.25, 0.3) is 0 Å². The van der Waals surface area contributed by atoms with Crippen LogP contribution in [0, 0.1) is 11.3 Å². The first-order chi connectivity index (χ1) is 12.3. The van der Waals surface area contributed by atoms with Gasteiger partial charge in [-0.2, -0.15) is 10.4 Å². The Bertz CT molecular complexity index is 901. The molecule has 0 saturated heterocycles. The maximum absolute atomic E-state index is 9.48. The predicted octanol–water partition coefficient (Wildman–Crippen LogP) is 3.28. The number of rotatable bonds is 5. The van der Waals surface area contributed by atoms with Crippen LogP contribution >= 0.6 is 0 Å². The number of nitriles is 1. The molecule has 0 spiro atoms. The molecule has 0 aliphatic heterocycles. The number of phenolic OH excluding ortho intramolecular Hbond substituents is 1. The fourth-order valence-corrected chi connectivity index (χ4v) is 2.26. The highest BCUT2D eigenvalue weighted by Gasteiger charge is 2.15. The number of hydrazone groups is 1. The highest BCUT2D eigenvalue weighted by atomic mass is 16.3. The van der Waals surface area contributed by atoms with E-state index in [1.807, 2.05) is 30.3 Å². The maximum Gasteiger partial charge on any atom is 0.165 e. The van der Waals surface area contributed by atoms with E-state index in [9.17, 15) is 10.4 Å². The van der Waals surface area contributed by atoms with E-state index in [1.54, 1.807) is 36.7 Å². The van der Waals surface area contributed by atoms with Crippen molar-refractivity contribution < 1.29 is 5.11 Å². The van der Waals surface area contributed by atoms with Gasteiger partial charge in [0, 0.05) is 0 Å². The molecule has 3 aromatic rings. The molecular weight excluding hydrogens is 314 g/mol. The van der Waals surface area contributed by atoms with Crippen molar-refractivity contribution in [3.8, 4) is 11.8 Å². The van der Waals surface area contributed by atoms with Gasteiger partial charge in [-0.15, -0.1) is 0 Å². The first-order valence-corrected chi connectivity index (χ1v) is 7.61. The van der Waals surface area contributed by atoms with Gasteiger partial charge in [0.1, 0.15) is 11.7 Å². The first kappa shape index (κ1) is 16.1. The molecule has 2 aromatic carbocycles. The third-order valence-electron chi connectivity index (χ3n) is 3.50. The van der Waals surface area contributed by atoms with Crippen molar-refractivity contribution in [2.24, 2.45) is 5.10 Å². The monoisotopic (exact) mass is 329 g/mol. The summed E-state index contributed by atoms with van der Waals surface area (Å²) < 4.78 is 0. The van der Waals surface area contributed by atoms with E-state index in [0.717, 1.165) is 11.1 Å².